The van der Waals surface area contributed by atoms with E-state index in [1.807, 2.05) is 37.3 Å². The number of rotatable bonds is 6. The van der Waals surface area contributed by atoms with Gasteiger partial charge in [-0.25, -0.2) is 4.98 Å². The van der Waals surface area contributed by atoms with Gasteiger partial charge in [0.1, 0.15) is 10.9 Å². The second-order valence-electron chi connectivity index (χ2n) is 6.30. The van der Waals surface area contributed by atoms with Gasteiger partial charge in [0.25, 0.3) is 5.91 Å². The van der Waals surface area contributed by atoms with Gasteiger partial charge in [0.15, 0.2) is 0 Å². The number of carbonyl (C=O) groups is 1. The molecule has 0 bridgehead atoms. The molecule has 3 aromatic rings. The minimum Gasteiger partial charge on any atom is -0.497 e. The van der Waals surface area contributed by atoms with Crippen molar-refractivity contribution in [3.8, 4) is 5.75 Å². The summed E-state index contributed by atoms with van der Waals surface area (Å²) in [6.07, 6.45) is 1.76. The molecule has 1 amide bonds. The highest BCUT2D eigenvalue weighted by atomic mass is 35.5. The van der Waals surface area contributed by atoms with E-state index in [0.29, 0.717) is 10.7 Å². The SMILES string of the molecule is COc1ccc(CCC(C)NC(=O)c2ccc3nc(Cl)ccc3c2)cc1. The van der Waals surface area contributed by atoms with Crippen molar-refractivity contribution in [1.82, 2.24) is 10.3 Å². The van der Waals surface area contributed by atoms with Crippen LogP contribution in [0, 0.1) is 0 Å². The Kier molecular flexibility index (Phi) is 5.74. The fourth-order valence-electron chi connectivity index (χ4n) is 2.80. The van der Waals surface area contributed by atoms with Gasteiger partial charge in [-0.05, 0) is 67.8 Å². The van der Waals surface area contributed by atoms with Gasteiger partial charge >= 0.3 is 0 Å². The topological polar surface area (TPSA) is 51.2 Å². The van der Waals surface area contributed by atoms with Crippen LogP contribution in [0.5, 0.6) is 5.75 Å². The minimum absolute atomic E-state index is 0.0728. The quantitative estimate of drug-likeness (QED) is 0.644. The Hall–Kier alpha value is -2.59. The van der Waals surface area contributed by atoms with Crippen molar-refractivity contribution in [1.29, 1.82) is 0 Å². The number of methoxy groups -OCH3 is 1. The van der Waals surface area contributed by atoms with Crippen LogP contribution in [0.2, 0.25) is 5.15 Å². The maximum absolute atomic E-state index is 12.5. The highest BCUT2D eigenvalue weighted by Gasteiger charge is 2.11. The lowest BCUT2D eigenvalue weighted by molar-refractivity contribution is 0.0938. The Bertz CT molecular complexity index is 910. The highest BCUT2D eigenvalue weighted by Crippen LogP contribution is 2.17. The molecule has 3 rings (SSSR count). The molecule has 5 heteroatoms. The second-order valence-corrected chi connectivity index (χ2v) is 6.69. The molecule has 26 heavy (non-hydrogen) atoms. The van der Waals surface area contributed by atoms with E-state index in [4.69, 9.17) is 16.3 Å². The number of aromatic nitrogens is 1. The van der Waals surface area contributed by atoms with E-state index in [2.05, 4.69) is 22.4 Å². The predicted octanol–water partition coefficient (Wildman–Crippen LogP) is 4.65. The zero-order valence-electron chi connectivity index (χ0n) is 14.8. The van der Waals surface area contributed by atoms with Crippen molar-refractivity contribution < 1.29 is 9.53 Å². The van der Waals surface area contributed by atoms with Crippen molar-refractivity contribution in [3.05, 3.63) is 70.9 Å². The van der Waals surface area contributed by atoms with E-state index in [1.165, 1.54) is 5.56 Å². The molecule has 0 radical (unpaired) electrons. The van der Waals surface area contributed by atoms with Gasteiger partial charge < -0.3 is 10.1 Å². The first-order valence-corrected chi connectivity index (χ1v) is 8.93. The van der Waals surface area contributed by atoms with Crippen molar-refractivity contribution in [2.24, 2.45) is 0 Å². The number of hydrogen-bond donors (Lipinski definition) is 1. The number of amides is 1. The molecular formula is C21H21ClN2O2. The van der Waals surface area contributed by atoms with Crippen molar-refractivity contribution in [2.45, 2.75) is 25.8 Å². The molecule has 1 atom stereocenters. The maximum Gasteiger partial charge on any atom is 0.251 e. The molecular weight excluding hydrogens is 348 g/mol. The first kappa shape index (κ1) is 18.2. The van der Waals surface area contributed by atoms with Gasteiger partial charge in [-0.1, -0.05) is 23.7 Å². The van der Waals surface area contributed by atoms with Gasteiger partial charge in [0, 0.05) is 17.0 Å². The molecule has 0 aliphatic heterocycles. The van der Waals surface area contributed by atoms with Crippen molar-refractivity contribution in [3.63, 3.8) is 0 Å². The Morgan fingerprint density at radius 2 is 1.92 bits per heavy atom. The number of nitrogens with zero attached hydrogens (tertiary/aromatic N) is 1. The lowest BCUT2D eigenvalue weighted by Gasteiger charge is -2.14. The molecule has 0 aliphatic rings. The third kappa shape index (κ3) is 4.52. The third-order valence-electron chi connectivity index (χ3n) is 4.32. The first-order chi connectivity index (χ1) is 12.5. The van der Waals surface area contributed by atoms with E-state index >= 15 is 0 Å². The molecule has 1 N–H and O–H groups in total. The average Bonchev–Trinajstić information content (AvgIpc) is 2.66. The number of hydrogen-bond acceptors (Lipinski definition) is 3. The van der Waals surface area contributed by atoms with E-state index in [0.717, 1.165) is 29.5 Å². The molecule has 0 saturated heterocycles. The first-order valence-electron chi connectivity index (χ1n) is 8.55. The Morgan fingerprint density at radius 1 is 1.15 bits per heavy atom. The van der Waals surface area contributed by atoms with Gasteiger partial charge in [0.05, 0.1) is 12.6 Å². The summed E-state index contributed by atoms with van der Waals surface area (Å²) < 4.78 is 5.16. The zero-order valence-corrected chi connectivity index (χ0v) is 15.6. The molecule has 0 saturated carbocycles. The van der Waals surface area contributed by atoms with Crippen LogP contribution in [0.1, 0.15) is 29.3 Å². The van der Waals surface area contributed by atoms with Crippen LogP contribution in [-0.2, 0) is 6.42 Å². The average molecular weight is 369 g/mol. The van der Waals surface area contributed by atoms with Crippen LogP contribution in [0.15, 0.2) is 54.6 Å². The number of halogens is 1. The van der Waals surface area contributed by atoms with Crippen LogP contribution < -0.4 is 10.1 Å². The van der Waals surface area contributed by atoms with Crippen LogP contribution in [-0.4, -0.2) is 24.0 Å². The number of fused-ring (bicyclic) bond motifs is 1. The minimum atomic E-state index is -0.0796. The molecule has 4 nitrogen and oxygen atoms in total. The van der Waals surface area contributed by atoms with Crippen molar-refractivity contribution in [2.75, 3.05) is 7.11 Å². The lowest BCUT2D eigenvalue weighted by Crippen LogP contribution is -2.32. The van der Waals surface area contributed by atoms with Crippen LogP contribution >= 0.6 is 11.6 Å². The summed E-state index contributed by atoms with van der Waals surface area (Å²) in [5, 5.41) is 4.40. The standard InChI is InChI=1S/C21H21ClN2O2/c1-14(3-4-15-5-9-18(26-2)10-6-15)23-21(25)17-7-11-19-16(13-17)8-12-20(22)24-19/h5-14H,3-4H2,1-2H3,(H,23,25). The summed E-state index contributed by atoms with van der Waals surface area (Å²) in [5.74, 6) is 0.770. The molecule has 2 aromatic carbocycles. The van der Waals surface area contributed by atoms with E-state index in [1.54, 1.807) is 19.2 Å². The monoisotopic (exact) mass is 368 g/mol. The summed E-state index contributed by atoms with van der Waals surface area (Å²) >= 11 is 5.89. The number of aryl methyl sites for hydroxylation is 1. The maximum atomic E-state index is 12.5. The van der Waals surface area contributed by atoms with Gasteiger partial charge in [0.2, 0.25) is 0 Å². The largest absolute Gasteiger partial charge is 0.497 e. The van der Waals surface area contributed by atoms with Crippen molar-refractivity contribution >= 4 is 28.4 Å². The number of nitrogens with one attached hydrogen (secondary N) is 1. The highest BCUT2D eigenvalue weighted by molar-refractivity contribution is 6.29. The van der Waals surface area contributed by atoms with Gasteiger partial charge in [-0.3, -0.25) is 4.79 Å². The normalized spacial score (nSPS) is 12.0. The summed E-state index contributed by atoms with van der Waals surface area (Å²) in [4.78, 5) is 16.7. The number of ether oxygens (including phenoxy) is 1. The van der Waals surface area contributed by atoms with Crippen LogP contribution in [0.25, 0.3) is 10.9 Å². The number of benzene rings is 2. The third-order valence-corrected chi connectivity index (χ3v) is 4.53. The number of pyridine rings is 1. The molecule has 1 aromatic heterocycles. The molecule has 134 valence electrons. The summed E-state index contributed by atoms with van der Waals surface area (Å²) in [5.41, 5.74) is 2.63. The van der Waals surface area contributed by atoms with Crippen LogP contribution in [0.4, 0.5) is 0 Å². The summed E-state index contributed by atoms with van der Waals surface area (Å²) in [6, 6.07) is 17.1. The Labute approximate surface area is 158 Å². The molecule has 0 fully saturated rings. The smallest absolute Gasteiger partial charge is 0.251 e. The fraction of sp³-hybridized carbons (Fsp3) is 0.238. The van der Waals surface area contributed by atoms with E-state index < -0.39 is 0 Å². The van der Waals surface area contributed by atoms with E-state index in [-0.39, 0.29) is 11.9 Å². The fourth-order valence-corrected chi connectivity index (χ4v) is 2.95. The summed E-state index contributed by atoms with van der Waals surface area (Å²) in [6.45, 7) is 2.02. The lowest BCUT2D eigenvalue weighted by atomic mass is 10.1. The Balaban J connectivity index is 1.58. The Morgan fingerprint density at radius 3 is 2.65 bits per heavy atom. The van der Waals surface area contributed by atoms with E-state index in [9.17, 15) is 4.79 Å². The zero-order chi connectivity index (χ0) is 18.5. The number of carbonyl (C=O) groups excluding carboxylic acids is 1. The van der Waals surface area contributed by atoms with Gasteiger partial charge in [-0.15, -0.1) is 0 Å². The molecule has 1 unspecified atom stereocenters. The molecule has 1 heterocycles. The second kappa shape index (κ2) is 8.19. The predicted molar refractivity (Wildman–Crippen MR) is 105 cm³/mol. The van der Waals surface area contributed by atoms with Gasteiger partial charge in [-0.2, -0.15) is 0 Å². The van der Waals surface area contributed by atoms with Crippen LogP contribution in [0.3, 0.4) is 0 Å². The molecule has 0 aliphatic carbocycles. The molecule has 0 spiro atoms. The summed E-state index contributed by atoms with van der Waals surface area (Å²) in [7, 11) is 1.66.